The number of pyridine rings is 2. The zero-order valence-corrected chi connectivity index (χ0v) is 58.4. The van der Waals surface area contributed by atoms with Crippen molar-refractivity contribution in [3.63, 3.8) is 0 Å². The Morgan fingerprint density at radius 2 is 0.604 bits per heavy atom. The van der Waals surface area contributed by atoms with Crippen molar-refractivity contribution in [3.8, 4) is 145 Å². The Hall–Kier alpha value is -10.7. The first kappa shape index (κ1) is 65.4. The summed E-state index contributed by atoms with van der Waals surface area (Å²) in [6.45, 7) is 8.86. The molecular weight excluding hydrogens is 1520 g/mol. The zero-order chi connectivity index (χ0) is 63.7. The van der Waals surface area contributed by atoms with E-state index < -0.39 is 0 Å². The maximum atomic E-state index is 5.11. The maximum absolute atomic E-state index is 5.11. The fourth-order valence-electron chi connectivity index (χ4n) is 12.8. The second-order valence-corrected chi connectivity index (χ2v) is 23.8. The molecule has 3 heterocycles. The molecule has 0 saturated carbocycles. The van der Waals surface area contributed by atoms with Crippen LogP contribution in [0.5, 0.6) is 0 Å². The number of aryl methyl sites for hydroxylation is 4. The van der Waals surface area contributed by atoms with E-state index in [2.05, 4.69) is 280 Å². The van der Waals surface area contributed by atoms with Crippen LogP contribution in [0.2, 0.25) is 0 Å². The molecule has 0 atom stereocenters. The molecule has 0 aliphatic heterocycles. The number of nitrogens with zero attached hydrogens (tertiary/aromatic N) is 4. The molecule has 6 heteroatoms. The van der Waals surface area contributed by atoms with Gasteiger partial charge in [-0.2, -0.15) is 0 Å². The Bertz CT molecular complexity index is 5060. The molecule has 0 spiro atoms. The Morgan fingerprint density at radius 3 is 1.08 bits per heavy atom. The summed E-state index contributed by atoms with van der Waals surface area (Å²) in [5, 5.41) is 0. The summed E-state index contributed by atoms with van der Waals surface area (Å²) in [5.41, 5.74) is 32.8. The van der Waals surface area contributed by atoms with E-state index in [-0.39, 0.29) is 40.2 Å². The van der Waals surface area contributed by atoms with Gasteiger partial charge in [-0.15, -0.1) is 70.8 Å². The molecule has 0 N–H and O–H groups in total. The van der Waals surface area contributed by atoms with Gasteiger partial charge in [0.05, 0.1) is 11.4 Å². The monoisotopic (exact) mass is 1590 g/mol. The van der Waals surface area contributed by atoms with Crippen LogP contribution in [0.1, 0.15) is 22.3 Å². The molecule has 15 rings (SSSR count). The molecule has 0 bridgehead atoms. The van der Waals surface area contributed by atoms with Crippen LogP contribution in [0.25, 0.3) is 145 Å². The summed E-state index contributed by atoms with van der Waals surface area (Å²) in [6, 6.07) is 118. The minimum Gasteiger partial charge on any atom is -0.305 e. The minimum absolute atomic E-state index is 0. The zero-order valence-electron chi connectivity index (χ0n) is 53.6. The van der Waals surface area contributed by atoms with Crippen LogP contribution in [0, 0.1) is 39.8 Å². The Labute approximate surface area is 591 Å². The predicted molar refractivity (Wildman–Crippen MR) is 391 cm³/mol. The van der Waals surface area contributed by atoms with Gasteiger partial charge in [0.2, 0.25) is 0 Å². The number of aromatic nitrogens is 4. The van der Waals surface area contributed by atoms with E-state index in [0.717, 1.165) is 72.8 Å². The van der Waals surface area contributed by atoms with E-state index in [1.54, 1.807) is 0 Å². The van der Waals surface area contributed by atoms with Crippen molar-refractivity contribution >= 4 is 0 Å². The minimum atomic E-state index is 0. The first-order valence-corrected chi connectivity index (χ1v) is 31.9. The number of rotatable bonds is 13. The van der Waals surface area contributed by atoms with Gasteiger partial charge in [0.25, 0.3) is 0 Å². The van der Waals surface area contributed by atoms with E-state index in [9.17, 15) is 0 Å². The summed E-state index contributed by atoms with van der Waals surface area (Å²) < 4.78 is 0. The molecule has 0 unspecified atom stereocenters. The van der Waals surface area contributed by atoms with E-state index in [1.165, 1.54) is 89.0 Å². The Balaban J connectivity index is 0.000000181. The van der Waals surface area contributed by atoms with Crippen molar-refractivity contribution in [1.82, 2.24) is 19.9 Å². The van der Waals surface area contributed by atoms with Gasteiger partial charge in [-0.1, -0.05) is 237 Å². The second kappa shape index (κ2) is 30.2. The molecule has 0 fully saturated rings. The Morgan fingerprint density at radius 1 is 0.229 bits per heavy atom. The van der Waals surface area contributed by atoms with Crippen LogP contribution in [-0.4, -0.2) is 19.9 Å². The summed E-state index contributed by atoms with van der Waals surface area (Å²) >= 11 is 0. The van der Waals surface area contributed by atoms with Gasteiger partial charge in [-0.25, -0.2) is 9.97 Å². The first-order chi connectivity index (χ1) is 46.2. The fraction of sp³-hybridized carbons (Fsp3) is 0.0444. The van der Waals surface area contributed by atoms with Crippen molar-refractivity contribution < 1.29 is 40.2 Å². The number of hydrogen-bond donors (Lipinski definition) is 0. The molecule has 0 amide bonds. The second-order valence-electron chi connectivity index (χ2n) is 23.8. The molecule has 96 heavy (non-hydrogen) atoms. The van der Waals surface area contributed by atoms with Gasteiger partial charge >= 0.3 is 0 Å². The van der Waals surface area contributed by atoms with Crippen molar-refractivity contribution in [2.75, 3.05) is 0 Å². The topological polar surface area (TPSA) is 51.6 Å². The molecule has 3 aromatic heterocycles. The normalized spacial score (nSPS) is 10.8. The summed E-state index contributed by atoms with van der Waals surface area (Å²) in [4.78, 5) is 19.3. The van der Waals surface area contributed by atoms with Crippen molar-refractivity contribution in [2.24, 2.45) is 0 Å². The third-order valence-corrected chi connectivity index (χ3v) is 17.4. The number of hydrogen-bond acceptors (Lipinski definition) is 4. The standard InChI is InChI=1S/C49H36N.C41H30N3.2Ir/c1-34-28-45(41-21-12-20-40(31-41)39-19-11-18-38(30-39)36-14-5-3-6-15-36)29-35(2)49(34)47-33-42(37-16-7-4-8-17-37)25-26-46(47)43-22-13-23-44(32-43)48-24-9-10-27-50-48;1-28-13-11-14-29(2)40(28)36-26-34(22-23-35(36)32-19-12-20-33(25-32)37-21-9-10-24-42-37)39-27-38(30-15-5-3-6-16-30)43-41(44-39)31-17-7-4-8-18-31;;/h3-22,24-33H,1-2H3;3-19,21-27H,1-2H3;;/q2*-1;;. The summed E-state index contributed by atoms with van der Waals surface area (Å²) in [7, 11) is 0. The van der Waals surface area contributed by atoms with Gasteiger partial charge in [0, 0.05) is 69.3 Å². The fourth-order valence-corrected chi connectivity index (χ4v) is 12.8. The third kappa shape index (κ3) is 14.5. The molecule has 0 aliphatic rings. The van der Waals surface area contributed by atoms with Crippen molar-refractivity contribution in [1.29, 1.82) is 0 Å². The average Bonchev–Trinajstić information content (AvgIpc) is 0.778. The quantitative estimate of drug-likeness (QED) is 0.108. The van der Waals surface area contributed by atoms with Gasteiger partial charge in [-0.05, 0) is 182 Å². The third-order valence-electron chi connectivity index (χ3n) is 17.4. The molecule has 15 aromatic rings. The largest absolute Gasteiger partial charge is 0.305 e. The maximum Gasteiger partial charge on any atom is 0.160 e. The van der Waals surface area contributed by atoms with Crippen LogP contribution in [-0.2, 0) is 40.2 Å². The Kier molecular flexibility index (Phi) is 20.5. The summed E-state index contributed by atoms with van der Waals surface area (Å²) in [6.07, 6.45) is 3.66. The van der Waals surface area contributed by atoms with Crippen LogP contribution in [0.15, 0.2) is 328 Å². The van der Waals surface area contributed by atoms with Gasteiger partial charge in [0.1, 0.15) is 0 Å². The summed E-state index contributed by atoms with van der Waals surface area (Å²) in [5.74, 6) is 0.707. The first-order valence-electron chi connectivity index (χ1n) is 31.9. The van der Waals surface area contributed by atoms with Gasteiger partial charge < -0.3 is 9.97 Å². The molecule has 2 radical (unpaired) electrons. The van der Waals surface area contributed by atoms with E-state index >= 15 is 0 Å². The van der Waals surface area contributed by atoms with Crippen LogP contribution >= 0.6 is 0 Å². The number of benzene rings is 12. The van der Waals surface area contributed by atoms with Crippen LogP contribution < -0.4 is 0 Å². The average molecular weight is 1590 g/mol. The molecule has 4 nitrogen and oxygen atoms in total. The van der Waals surface area contributed by atoms with Gasteiger partial charge in [0.15, 0.2) is 5.82 Å². The van der Waals surface area contributed by atoms with Crippen molar-refractivity contribution in [3.05, 3.63) is 362 Å². The van der Waals surface area contributed by atoms with Crippen LogP contribution in [0.4, 0.5) is 0 Å². The van der Waals surface area contributed by atoms with E-state index in [1.807, 2.05) is 97.3 Å². The van der Waals surface area contributed by atoms with Crippen LogP contribution in [0.3, 0.4) is 0 Å². The van der Waals surface area contributed by atoms with E-state index in [0.29, 0.717) is 5.82 Å². The smallest absolute Gasteiger partial charge is 0.160 e. The molecular formula is C90H66Ir2N4-2. The molecule has 12 aromatic carbocycles. The molecule has 466 valence electrons. The van der Waals surface area contributed by atoms with Crippen molar-refractivity contribution in [2.45, 2.75) is 27.7 Å². The van der Waals surface area contributed by atoms with E-state index in [4.69, 9.17) is 9.97 Å². The SMILES string of the molecule is Cc1cc(-c2cccc(-c3cccc(-c4ccccc4)c3)c2)cc(C)c1-c1cc(-c2ccccc2)ccc1-c1cc[c-]c(-c2ccccn2)c1.Cc1cccc(C)c1-c1cc(-c2cc(-c3ccccc3)nc(-c3ccccc3)n2)ccc1-c1cc[c-]c(-c2ccccn2)c1.[Ir].[Ir]. The van der Waals surface area contributed by atoms with Gasteiger partial charge in [-0.3, -0.25) is 0 Å². The predicted octanol–water partition coefficient (Wildman–Crippen LogP) is 23.5. The molecule has 0 aliphatic carbocycles. The molecule has 0 saturated heterocycles.